The van der Waals surface area contributed by atoms with Crippen molar-refractivity contribution in [2.45, 2.75) is 76.5 Å². The fourth-order valence-electron chi connectivity index (χ4n) is 4.37. The smallest absolute Gasteiger partial charge is 0.302 e. The first-order valence-electron chi connectivity index (χ1n) is 11.0. The maximum Gasteiger partial charge on any atom is 0.302 e. The van der Waals surface area contributed by atoms with Gasteiger partial charge < -0.3 is 33.3 Å². The number of anilines is 1. The van der Waals surface area contributed by atoms with Crippen LogP contribution in [0.15, 0.2) is 24.3 Å². The van der Waals surface area contributed by atoms with Gasteiger partial charge in [-0.15, -0.1) is 0 Å². The normalized spacial score (nSPS) is 31.8. The minimum Gasteiger partial charge on any atom is -0.497 e. The average Bonchev–Trinajstić information content (AvgIpc) is 3.13. The summed E-state index contributed by atoms with van der Waals surface area (Å²) in [6.07, 6.45) is 0.472. The number of nitrogens with zero attached hydrogens (tertiary/aromatic N) is 1. The predicted molar refractivity (Wildman–Crippen MR) is 113 cm³/mol. The Kier molecular flexibility index (Phi) is 6.71. The fourth-order valence-corrected chi connectivity index (χ4v) is 4.37. The standard InChI is InChI=1S/C23H31NO8/c1-14(25)28-12-17-6-5-7-19(30-17)31-21-20(18-13-29-23(2,3)32-18)24(22(21)26)15-8-10-16(27-4)11-9-15/h8-11,17-21H,5-7,12-13H2,1-4H3/t17-,18+,19+,20-,21+/m0/s1. The van der Waals surface area contributed by atoms with E-state index in [1.54, 1.807) is 12.0 Å². The molecule has 0 spiro atoms. The van der Waals surface area contributed by atoms with Gasteiger partial charge in [-0.1, -0.05) is 0 Å². The SMILES string of the molecule is COc1ccc(N2C(=O)[C@H](O[C@@H]3CCC[C@@H](COC(C)=O)O3)[C@@H]2[C@H]2COC(C)(C)O2)cc1. The zero-order valence-corrected chi connectivity index (χ0v) is 18.9. The number of hydrogen-bond acceptors (Lipinski definition) is 8. The van der Waals surface area contributed by atoms with Crippen molar-refractivity contribution < 1.29 is 38.0 Å². The van der Waals surface area contributed by atoms with E-state index in [-0.39, 0.29) is 36.7 Å². The number of carbonyl (C=O) groups excluding carboxylic acids is 2. The van der Waals surface area contributed by atoms with E-state index in [9.17, 15) is 9.59 Å². The average molecular weight is 450 g/mol. The lowest BCUT2D eigenvalue weighted by Crippen LogP contribution is -2.71. The van der Waals surface area contributed by atoms with E-state index in [0.717, 1.165) is 18.5 Å². The van der Waals surface area contributed by atoms with Gasteiger partial charge in [-0.05, 0) is 57.4 Å². The van der Waals surface area contributed by atoms with Crippen molar-refractivity contribution in [1.82, 2.24) is 0 Å². The van der Waals surface area contributed by atoms with E-state index < -0.39 is 18.2 Å². The van der Waals surface area contributed by atoms with Gasteiger partial charge in [0.1, 0.15) is 24.5 Å². The molecule has 0 radical (unpaired) electrons. The molecule has 0 saturated carbocycles. The molecule has 9 heteroatoms. The van der Waals surface area contributed by atoms with Gasteiger partial charge in [-0.2, -0.15) is 0 Å². The van der Waals surface area contributed by atoms with Crippen molar-refractivity contribution in [1.29, 1.82) is 0 Å². The minimum absolute atomic E-state index is 0.154. The second-order valence-corrected chi connectivity index (χ2v) is 8.74. The molecule has 0 bridgehead atoms. The molecule has 32 heavy (non-hydrogen) atoms. The number of carbonyl (C=O) groups is 2. The highest BCUT2D eigenvalue weighted by atomic mass is 16.7. The first-order valence-corrected chi connectivity index (χ1v) is 11.0. The summed E-state index contributed by atoms with van der Waals surface area (Å²) in [4.78, 5) is 26.0. The predicted octanol–water partition coefficient (Wildman–Crippen LogP) is 2.41. The third-order valence-electron chi connectivity index (χ3n) is 5.93. The van der Waals surface area contributed by atoms with Crippen LogP contribution in [-0.4, -0.2) is 68.6 Å². The largest absolute Gasteiger partial charge is 0.497 e. The third-order valence-corrected chi connectivity index (χ3v) is 5.93. The van der Waals surface area contributed by atoms with Crippen molar-refractivity contribution in [3.05, 3.63) is 24.3 Å². The molecule has 0 unspecified atom stereocenters. The topological polar surface area (TPSA) is 92.8 Å². The highest BCUT2D eigenvalue weighted by molar-refractivity contribution is 6.05. The molecule has 5 atom stereocenters. The summed E-state index contributed by atoms with van der Waals surface area (Å²) in [6.45, 7) is 5.62. The zero-order chi connectivity index (χ0) is 22.9. The van der Waals surface area contributed by atoms with Crippen LogP contribution < -0.4 is 9.64 Å². The molecule has 9 nitrogen and oxygen atoms in total. The lowest BCUT2D eigenvalue weighted by molar-refractivity contribution is -0.236. The Morgan fingerprint density at radius 1 is 1.22 bits per heavy atom. The summed E-state index contributed by atoms with van der Waals surface area (Å²) >= 11 is 0. The van der Waals surface area contributed by atoms with E-state index in [2.05, 4.69) is 0 Å². The Balaban J connectivity index is 1.47. The van der Waals surface area contributed by atoms with E-state index in [4.69, 9.17) is 28.4 Å². The van der Waals surface area contributed by atoms with Crippen LogP contribution in [0, 0.1) is 0 Å². The van der Waals surface area contributed by atoms with Gasteiger partial charge >= 0.3 is 5.97 Å². The van der Waals surface area contributed by atoms with Gasteiger partial charge in [0.05, 0.1) is 19.8 Å². The molecule has 0 N–H and O–H groups in total. The molecule has 3 fully saturated rings. The van der Waals surface area contributed by atoms with Crippen LogP contribution in [0.2, 0.25) is 0 Å². The fraction of sp³-hybridized carbons (Fsp3) is 0.652. The molecular formula is C23H31NO8. The molecule has 0 aliphatic carbocycles. The lowest BCUT2D eigenvalue weighted by Gasteiger charge is -2.49. The van der Waals surface area contributed by atoms with Crippen molar-refractivity contribution in [2.75, 3.05) is 25.2 Å². The Bertz CT molecular complexity index is 826. The number of amides is 1. The second kappa shape index (κ2) is 9.35. The molecule has 3 saturated heterocycles. The molecule has 1 aromatic rings. The van der Waals surface area contributed by atoms with Crippen molar-refractivity contribution in [3.63, 3.8) is 0 Å². The van der Waals surface area contributed by atoms with Crippen LogP contribution in [0.1, 0.15) is 40.0 Å². The van der Waals surface area contributed by atoms with E-state index in [1.165, 1.54) is 6.92 Å². The van der Waals surface area contributed by atoms with Gasteiger partial charge in [0.25, 0.3) is 5.91 Å². The molecule has 1 amide bonds. The monoisotopic (exact) mass is 449 g/mol. The highest BCUT2D eigenvalue weighted by Gasteiger charge is 2.57. The summed E-state index contributed by atoms with van der Waals surface area (Å²) in [5.41, 5.74) is 0.742. The summed E-state index contributed by atoms with van der Waals surface area (Å²) in [6, 6.07) is 6.96. The number of ether oxygens (including phenoxy) is 6. The molecule has 3 aliphatic rings. The van der Waals surface area contributed by atoms with Gasteiger partial charge in [-0.3, -0.25) is 9.59 Å². The highest BCUT2D eigenvalue weighted by Crippen LogP contribution is 2.39. The van der Waals surface area contributed by atoms with Crippen molar-refractivity contribution in [3.8, 4) is 5.75 Å². The van der Waals surface area contributed by atoms with Crippen molar-refractivity contribution >= 4 is 17.6 Å². The maximum atomic E-state index is 13.2. The summed E-state index contributed by atoms with van der Waals surface area (Å²) in [5, 5.41) is 0. The maximum absolute atomic E-state index is 13.2. The van der Waals surface area contributed by atoms with Gasteiger partial charge in [0.15, 0.2) is 18.2 Å². The zero-order valence-electron chi connectivity index (χ0n) is 18.9. The molecule has 4 rings (SSSR count). The third kappa shape index (κ3) is 4.91. The van der Waals surface area contributed by atoms with Crippen molar-refractivity contribution in [2.24, 2.45) is 0 Å². The minimum atomic E-state index is -0.726. The summed E-state index contributed by atoms with van der Waals surface area (Å²) < 4.78 is 34.3. The van der Waals surface area contributed by atoms with Crippen LogP contribution in [0.4, 0.5) is 5.69 Å². The molecule has 1 aromatic carbocycles. The number of hydrogen-bond donors (Lipinski definition) is 0. The molecular weight excluding hydrogens is 418 g/mol. The number of benzene rings is 1. The Morgan fingerprint density at radius 3 is 2.59 bits per heavy atom. The van der Waals surface area contributed by atoms with Crippen LogP contribution in [0.3, 0.4) is 0 Å². The number of esters is 1. The van der Waals surface area contributed by atoms with E-state index in [0.29, 0.717) is 18.8 Å². The van der Waals surface area contributed by atoms with Crippen LogP contribution in [0.25, 0.3) is 0 Å². The summed E-state index contributed by atoms with van der Waals surface area (Å²) in [5.74, 6) is -0.515. The molecule has 176 valence electrons. The number of β-lactam (4-membered cyclic amide) rings is 1. The Hall–Kier alpha value is -2.20. The quantitative estimate of drug-likeness (QED) is 0.463. The van der Waals surface area contributed by atoms with Gasteiger partial charge in [0, 0.05) is 12.6 Å². The van der Waals surface area contributed by atoms with Gasteiger partial charge in [-0.25, -0.2) is 0 Å². The van der Waals surface area contributed by atoms with E-state index in [1.807, 2.05) is 38.1 Å². The number of methoxy groups -OCH3 is 1. The van der Waals surface area contributed by atoms with E-state index >= 15 is 0 Å². The molecule has 0 aromatic heterocycles. The Morgan fingerprint density at radius 2 is 1.97 bits per heavy atom. The molecule has 3 aliphatic heterocycles. The Labute approximate surface area is 187 Å². The summed E-state index contributed by atoms with van der Waals surface area (Å²) in [7, 11) is 1.60. The van der Waals surface area contributed by atoms with Crippen LogP contribution >= 0.6 is 0 Å². The molecule has 3 heterocycles. The lowest BCUT2D eigenvalue weighted by atomic mass is 9.91. The first-order chi connectivity index (χ1) is 15.3. The van der Waals surface area contributed by atoms with Gasteiger partial charge in [0.2, 0.25) is 0 Å². The second-order valence-electron chi connectivity index (χ2n) is 8.74. The first kappa shape index (κ1) is 23.0. The van der Waals surface area contributed by atoms with Crippen LogP contribution in [0.5, 0.6) is 5.75 Å². The van der Waals surface area contributed by atoms with Crippen LogP contribution in [-0.2, 0) is 33.3 Å². The number of rotatable bonds is 7.